The van der Waals surface area contributed by atoms with Crippen molar-refractivity contribution in [1.29, 1.82) is 0 Å². The van der Waals surface area contributed by atoms with Crippen molar-refractivity contribution in [3.63, 3.8) is 0 Å². The van der Waals surface area contributed by atoms with Crippen LogP contribution in [0.4, 0.5) is 0 Å². The Kier molecular flexibility index (Phi) is 27.4. The Balaban J connectivity index is 0.000000209. The third-order valence-electron chi connectivity index (χ3n) is 9.65. The van der Waals surface area contributed by atoms with Crippen molar-refractivity contribution in [3.05, 3.63) is 249 Å². The van der Waals surface area contributed by atoms with E-state index >= 15 is 0 Å². The zero-order chi connectivity index (χ0) is 43.9. The molecule has 310 valence electrons. The van der Waals surface area contributed by atoms with Gasteiger partial charge in [-0.3, -0.25) is 0 Å². The molecule has 0 fully saturated rings. The van der Waals surface area contributed by atoms with Gasteiger partial charge in [0.05, 0.1) is 101 Å². The molecular formula is C53H56Cl2OP4W+4. The number of rotatable bonds is 8. The van der Waals surface area contributed by atoms with E-state index < -0.39 is 48.2 Å². The summed E-state index contributed by atoms with van der Waals surface area (Å²) in [4.78, 5) is 0. The first kappa shape index (κ1) is 51.8. The molecular weight excluding hydrogens is 1030 g/mol. The van der Waals surface area contributed by atoms with Crippen molar-refractivity contribution in [2.24, 2.45) is 0 Å². The summed E-state index contributed by atoms with van der Waals surface area (Å²) < 4.78 is 7.50. The van der Waals surface area contributed by atoms with Crippen LogP contribution in [0.3, 0.4) is 0 Å². The van der Waals surface area contributed by atoms with Crippen molar-refractivity contribution >= 4 is 93.0 Å². The fourth-order valence-electron chi connectivity index (χ4n) is 6.17. The average Bonchev–Trinajstić information content (AvgIpc) is 3.36. The van der Waals surface area contributed by atoms with Gasteiger partial charge in [-0.25, -0.2) is 0 Å². The second kappa shape index (κ2) is 32.2. The summed E-state index contributed by atoms with van der Waals surface area (Å²) in [6.45, 7) is 13.9. The minimum atomic E-state index is -0.806. The molecule has 8 aromatic rings. The Labute approximate surface area is 387 Å². The first-order chi connectivity index (χ1) is 29.9. The van der Waals surface area contributed by atoms with Gasteiger partial charge in [0, 0.05) is 0 Å². The van der Waals surface area contributed by atoms with Crippen LogP contribution in [0.15, 0.2) is 243 Å². The van der Waals surface area contributed by atoms with Crippen molar-refractivity contribution < 1.29 is 21.1 Å². The monoisotopic (exact) mass is 1090 g/mol. The van der Waals surface area contributed by atoms with E-state index in [1.165, 1.54) is 42.4 Å². The van der Waals surface area contributed by atoms with E-state index in [0.717, 1.165) is 0 Å². The minimum absolute atomic E-state index is 0.545. The maximum atomic E-state index is 7.50. The predicted molar refractivity (Wildman–Crippen MR) is 281 cm³/mol. The van der Waals surface area contributed by atoms with Crippen LogP contribution < -0.4 is 42.4 Å². The van der Waals surface area contributed by atoms with Crippen molar-refractivity contribution in [3.8, 4) is 0 Å². The first-order valence-corrected chi connectivity index (χ1v) is 35.1. The van der Waals surface area contributed by atoms with Gasteiger partial charge in [0.2, 0.25) is 0 Å². The molecule has 0 radical (unpaired) electrons. The Morgan fingerprint density at radius 2 is 0.344 bits per heavy atom. The van der Waals surface area contributed by atoms with E-state index in [1.807, 2.05) is 0 Å². The standard InChI is InChI=1S/4C13H13P.CO.2ClH.W/c4*1-14(12-8-4-2-5-9-12)13-10-6-3-7-11-13;1-2;;;/h4*2-11H,1H3;;2*1H;/q;;;;;;;+2/p+2. The predicted octanol–water partition coefficient (Wildman–Crippen LogP) is 11.3. The number of hydrogen-bond donors (Lipinski definition) is 0. The Hall–Kier alpha value is -3.51. The summed E-state index contributed by atoms with van der Waals surface area (Å²) in [6.07, 6.45) is 0. The van der Waals surface area contributed by atoms with Gasteiger partial charge in [0.15, 0.2) is 0 Å². The van der Waals surface area contributed by atoms with E-state index in [9.17, 15) is 0 Å². The summed E-state index contributed by atoms with van der Waals surface area (Å²) in [5.41, 5.74) is 0. The second-order valence-corrected chi connectivity index (χ2v) is 27.3. The summed E-state index contributed by atoms with van der Waals surface area (Å²) in [5, 5.41) is 11.8. The van der Waals surface area contributed by atoms with Crippen LogP contribution in [0.5, 0.6) is 0 Å². The Bertz CT molecular complexity index is 1780. The summed E-state index contributed by atoms with van der Waals surface area (Å²) >= 11 is -0.806. The van der Waals surface area contributed by atoms with Gasteiger partial charge in [0.1, 0.15) is 0 Å². The molecule has 0 aliphatic heterocycles. The molecule has 0 bridgehead atoms. The molecule has 0 saturated carbocycles. The van der Waals surface area contributed by atoms with E-state index in [2.05, 4.69) is 276 Å². The van der Waals surface area contributed by atoms with Crippen molar-refractivity contribution in [2.75, 3.05) is 26.7 Å². The maximum absolute atomic E-state index is 7.50. The fourth-order valence-corrected chi connectivity index (χ4v) is 13.0. The zero-order valence-electron chi connectivity index (χ0n) is 35.2. The van der Waals surface area contributed by atoms with E-state index in [0.29, 0.717) is 0 Å². The zero-order valence-corrected chi connectivity index (χ0v) is 43.6. The third-order valence-corrected chi connectivity index (χ3v) is 19.2. The average molecular weight is 1090 g/mol. The van der Waals surface area contributed by atoms with E-state index in [1.54, 1.807) is 0 Å². The van der Waals surface area contributed by atoms with Gasteiger partial charge >= 0.3 is 46.6 Å². The van der Waals surface area contributed by atoms with Gasteiger partial charge in [0.25, 0.3) is 0 Å². The van der Waals surface area contributed by atoms with Crippen LogP contribution in [0.2, 0.25) is 0 Å². The molecule has 61 heavy (non-hydrogen) atoms. The van der Waals surface area contributed by atoms with Crippen molar-refractivity contribution in [2.45, 2.75) is 0 Å². The topological polar surface area (TPSA) is 19.9 Å². The SMILES string of the molecule is C[PH+](c1ccccc1)c1ccccc1.C[PH+](c1ccccc1)c1ccccc1.C[PH+](c1ccccc1)c1ccccc1.C[PH+](c1ccccc1)c1ccccc1.[C-]#[O+].[Cl][W][Cl]. The van der Waals surface area contributed by atoms with Crippen LogP contribution in [-0.2, 0) is 21.1 Å². The van der Waals surface area contributed by atoms with Crippen molar-refractivity contribution in [1.82, 2.24) is 0 Å². The van der Waals surface area contributed by atoms with Crippen LogP contribution >= 0.6 is 50.5 Å². The van der Waals surface area contributed by atoms with Gasteiger partial charge in [-0.2, -0.15) is 0 Å². The molecule has 0 aromatic heterocycles. The normalized spacial score (nSPS) is 9.90. The molecule has 0 amide bonds. The molecule has 0 saturated heterocycles. The van der Waals surface area contributed by atoms with Gasteiger partial charge in [-0.15, -0.1) is 0 Å². The number of hydrogen-bond acceptors (Lipinski definition) is 0. The molecule has 8 rings (SSSR count). The van der Waals surface area contributed by atoms with Crippen LogP contribution in [0.25, 0.3) is 0 Å². The van der Waals surface area contributed by atoms with E-state index in [-0.39, 0.29) is 0 Å². The molecule has 0 aliphatic rings. The third kappa shape index (κ3) is 19.6. The van der Waals surface area contributed by atoms with Crippen LogP contribution in [0.1, 0.15) is 0 Å². The molecule has 0 aliphatic carbocycles. The Morgan fingerprint density at radius 1 is 0.262 bits per heavy atom. The van der Waals surface area contributed by atoms with Gasteiger partial charge in [-0.1, -0.05) is 146 Å². The first-order valence-electron chi connectivity index (χ1n) is 19.8. The van der Waals surface area contributed by atoms with Gasteiger partial charge < -0.3 is 0 Å². The molecule has 0 spiro atoms. The summed E-state index contributed by atoms with van der Waals surface area (Å²) in [6, 6.07) is 86.0. The fraction of sp³-hybridized carbons (Fsp3) is 0.0755. The van der Waals surface area contributed by atoms with Crippen LogP contribution in [-0.4, -0.2) is 26.7 Å². The molecule has 0 atom stereocenters. The second-order valence-electron chi connectivity index (χ2n) is 13.5. The Morgan fingerprint density at radius 3 is 0.426 bits per heavy atom. The van der Waals surface area contributed by atoms with Crippen LogP contribution in [0, 0.1) is 6.65 Å². The molecule has 0 heterocycles. The summed E-state index contributed by atoms with van der Waals surface area (Å²) in [7, 11) is 7.68. The molecule has 0 N–H and O–H groups in total. The number of halogens is 2. The molecule has 0 unspecified atom stereocenters. The quantitative estimate of drug-likeness (QED) is 0.0821. The van der Waals surface area contributed by atoms with Gasteiger partial charge in [-0.05, 0) is 97.1 Å². The summed E-state index contributed by atoms with van der Waals surface area (Å²) in [5.74, 6) is 0. The molecule has 8 heteroatoms. The number of benzene rings is 8. The molecule has 8 aromatic carbocycles. The van der Waals surface area contributed by atoms with E-state index in [4.69, 9.17) is 23.5 Å². The molecule has 1 nitrogen and oxygen atoms in total.